The maximum atomic E-state index is 12.6. The van der Waals surface area contributed by atoms with Crippen LogP contribution in [-0.2, 0) is 23.9 Å². The molecule has 1 aliphatic carbocycles. The second kappa shape index (κ2) is 8.12. The SMILES string of the molecule is Cc1ccc(NC(=O)COC(=O)[C@H](C)N2C(=O)[C@H]3CCCC[C@H]3C2=O)c(C)c1. The molecule has 1 aromatic rings. The quantitative estimate of drug-likeness (QED) is 0.619. The second-order valence-electron chi connectivity index (χ2n) is 7.69. The van der Waals surface area contributed by atoms with Gasteiger partial charge in [0.05, 0.1) is 11.8 Å². The third-order valence-electron chi connectivity index (χ3n) is 5.61. The highest BCUT2D eigenvalue weighted by Gasteiger charge is 2.51. The minimum Gasteiger partial charge on any atom is -0.454 e. The zero-order valence-corrected chi connectivity index (χ0v) is 16.5. The molecule has 2 aliphatic rings. The van der Waals surface area contributed by atoms with Gasteiger partial charge in [-0.1, -0.05) is 30.5 Å². The number of ether oxygens (including phenoxy) is 1. The summed E-state index contributed by atoms with van der Waals surface area (Å²) in [4.78, 5) is 50.6. The summed E-state index contributed by atoms with van der Waals surface area (Å²) in [5.41, 5.74) is 2.63. The lowest BCUT2D eigenvalue weighted by atomic mass is 9.81. The van der Waals surface area contributed by atoms with E-state index < -0.39 is 24.5 Å². The highest BCUT2D eigenvalue weighted by Crippen LogP contribution is 2.38. The maximum absolute atomic E-state index is 12.6. The van der Waals surface area contributed by atoms with Crippen molar-refractivity contribution < 1.29 is 23.9 Å². The molecule has 1 aromatic carbocycles. The van der Waals surface area contributed by atoms with Crippen molar-refractivity contribution >= 4 is 29.4 Å². The van der Waals surface area contributed by atoms with Crippen LogP contribution in [0, 0.1) is 25.7 Å². The number of nitrogens with zero attached hydrogens (tertiary/aromatic N) is 1. The molecular weight excluding hydrogens is 360 g/mol. The lowest BCUT2D eigenvalue weighted by molar-refractivity contribution is -0.159. The average Bonchev–Trinajstić information content (AvgIpc) is 2.92. The molecule has 0 radical (unpaired) electrons. The predicted molar refractivity (Wildman–Crippen MR) is 102 cm³/mol. The lowest BCUT2D eigenvalue weighted by Crippen LogP contribution is -2.45. The van der Waals surface area contributed by atoms with Crippen LogP contribution in [0.2, 0.25) is 0 Å². The Morgan fingerprint density at radius 1 is 1.14 bits per heavy atom. The highest BCUT2D eigenvalue weighted by molar-refractivity contribution is 6.08. The molecule has 7 nitrogen and oxygen atoms in total. The molecule has 3 amide bonds. The van der Waals surface area contributed by atoms with Crippen molar-refractivity contribution in [3.63, 3.8) is 0 Å². The number of esters is 1. The summed E-state index contributed by atoms with van der Waals surface area (Å²) in [5, 5.41) is 2.70. The van der Waals surface area contributed by atoms with Crippen LogP contribution in [0.5, 0.6) is 0 Å². The minimum atomic E-state index is -1.03. The number of fused-ring (bicyclic) bond motifs is 1. The Balaban J connectivity index is 1.56. The maximum Gasteiger partial charge on any atom is 0.329 e. The number of aryl methyl sites for hydroxylation is 2. The van der Waals surface area contributed by atoms with E-state index in [1.807, 2.05) is 26.0 Å². The van der Waals surface area contributed by atoms with E-state index in [2.05, 4.69) is 5.32 Å². The molecule has 2 fully saturated rings. The largest absolute Gasteiger partial charge is 0.454 e. The smallest absolute Gasteiger partial charge is 0.329 e. The van der Waals surface area contributed by atoms with Crippen molar-refractivity contribution in [2.75, 3.05) is 11.9 Å². The van der Waals surface area contributed by atoms with Gasteiger partial charge in [0.15, 0.2) is 6.61 Å². The molecular formula is C21H26N2O5. The molecule has 28 heavy (non-hydrogen) atoms. The zero-order chi connectivity index (χ0) is 20.4. The van der Waals surface area contributed by atoms with Crippen molar-refractivity contribution in [3.8, 4) is 0 Å². The number of anilines is 1. The van der Waals surface area contributed by atoms with Gasteiger partial charge in [0.1, 0.15) is 6.04 Å². The van der Waals surface area contributed by atoms with E-state index in [1.165, 1.54) is 6.92 Å². The van der Waals surface area contributed by atoms with Crippen LogP contribution in [0.15, 0.2) is 18.2 Å². The Kier molecular flexibility index (Phi) is 5.82. The zero-order valence-electron chi connectivity index (χ0n) is 16.5. The average molecular weight is 386 g/mol. The third-order valence-corrected chi connectivity index (χ3v) is 5.61. The Morgan fingerprint density at radius 2 is 1.75 bits per heavy atom. The monoisotopic (exact) mass is 386 g/mol. The van der Waals surface area contributed by atoms with Gasteiger partial charge in [-0.05, 0) is 45.2 Å². The third kappa shape index (κ3) is 3.93. The number of imide groups is 1. The van der Waals surface area contributed by atoms with Crippen molar-refractivity contribution in [2.24, 2.45) is 11.8 Å². The fourth-order valence-corrected chi connectivity index (χ4v) is 4.07. The summed E-state index contributed by atoms with van der Waals surface area (Å²) in [6, 6.07) is 4.57. The molecule has 1 saturated carbocycles. The highest BCUT2D eigenvalue weighted by atomic mass is 16.5. The fraction of sp³-hybridized carbons (Fsp3) is 0.524. The van der Waals surface area contributed by atoms with Crippen LogP contribution in [0.1, 0.15) is 43.7 Å². The number of carbonyl (C=O) groups excluding carboxylic acids is 4. The van der Waals surface area contributed by atoms with Crippen LogP contribution in [-0.4, -0.2) is 41.2 Å². The van der Waals surface area contributed by atoms with Gasteiger partial charge in [-0.3, -0.25) is 19.3 Å². The van der Waals surface area contributed by atoms with Crippen LogP contribution < -0.4 is 5.32 Å². The summed E-state index contributed by atoms with van der Waals surface area (Å²) in [5.74, 6) is -2.44. The number of hydrogen-bond donors (Lipinski definition) is 1. The Labute approximate surface area is 164 Å². The predicted octanol–water partition coefficient (Wildman–Crippen LogP) is 2.35. The Morgan fingerprint density at radius 3 is 2.32 bits per heavy atom. The summed E-state index contributed by atoms with van der Waals surface area (Å²) in [7, 11) is 0. The van der Waals surface area contributed by atoms with Crippen LogP contribution in [0.4, 0.5) is 5.69 Å². The summed E-state index contributed by atoms with van der Waals surface area (Å²) < 4.78 is 5.07. The van der Waals surface area contributed by atoms with Crippen LogP contribution in [0.3, 0.4) is 0 Å². The summed E-state index contributed by atoms with van der Waals surface area (Å²) in [6.07, 6.45) is 3.22. The molecule has 3 atom stereocenters. The minimum absolute atomic E-state index is 0.293. The van der Waals surface area contributed by atoms with Crippen molar-refractivity contribution in [2.45, 2.75) is 52.5 Å². The van der Waals surface area contributed by atoms with Crippen molar-refractivity contribution in [1.82, 2.24) is 4.90 Å². The van der Waals surface area contributed by atoms with E-state index in [4.69, 9.17) is 4.74 Å². The summed E-state index contributed by atoms with van der Waals surface area (Å²) in [6.45, 7) is 4.83. The molecule has 1 saturated heterocycles. The molecule has 3 rings (SSSR count). The van der Waals surface area contributed by atoms with E-state index in [9.17, 15) is 19.2 Å². The van der Waals surface area contributed by atoms with Gasteiger partial charge in [0.2, 0.25) is 11.8 Å². The topological polar surface area (TPSA) is 92.8 Å². The Hall–Kier alpha value is -2.70. The molecule has 0 bridgehead atoms. The van der Waals surface area contributed by atoms with Crippen molar-refractivity contribution in [1.29, 1.82) is 0 Å². The van der Waals surface area contributed by atoms with Gasteiger partial charge in [0.25, 0.3) is 5.91 Å². The lowest BCUT2D eigenvalue weighted by Gasteiger charge is -2.21. The molecule has 0 aromatic heterocycles. The first-order valence-electron chi connectivity index (χ1n) is 9.70. The normalized spacial score (nSPS) is 22.6. The molecule has 150 valence electrons. The number of likely N-dealkylation sites (tertiary alicyclic amines) is 1. The van der Waals surface area contributed by atoms with E-state index in [1.54, 1.807) is 6.07 Å². The summed E-state index contributed by atoms with van der Waals surface area (Å²) >= 11 is 0. The first kappa shape index (κ1) is 20.0. The van der Waals surface area contributed by atoms with E-state index in [-0.39, 0.29) is 23.7 Å². The van der Waals surface area contributed by atoms with Gasteiger partial charge < -0.3 is 10.1 Å². The van der Waals surface area contributed by atoms with Gasteiger partial charge in [-0.25, -0.2) is 4.79 Å². The molecule has 0 spiro atoms. The standard InChI is InChI=1S/C21H26N2O5/c1-12-8-9-17(13(2)10-12)22-18(24)11-28-21(27)14(3)23-19(25)15-6-4-5-7-16(15)20(23)26/h8-10,14-16H,4-7,11H2,1-3H3,(H,22,24)/t14-,15-,16+/m0/s1. The van der Waals surface area contributed by atoms with Crippen LogP contribution >= 0.6 is 0 Å². The fourth-order valence-electron chi connectivity index (χ4n) is 4.07. The molecule has 1 N–H and O–H groups in total. The Bertz CT molecular complexity index is 795. The number of carbonyl (C=O) groups is 4. The van der Waals surface area contributed by atoms with Gasteiger partial charge >= 0.3 is 5.97 Å². The number of nitrogens with one attached hydrogen (secondary N) is 1. The van der Waals surface area contributed by atoms with Crippen LogP contribution in [0.25, 0.3) is 0 Å². The van der Waals surface area contributed by atoms with Gasteiger partial charge in [-0.2, -0.15) is 0 Å². The van der Waals surface area contributed by atoms with E-state index in [0.717, 1.165) is 28.9 Å². The number of amides is 3. The van der Waals surface area contributed by atoms with E-state index >= 15 is 0 Å². The number of rotatable bonds is 5. The molecule has 1 heterocycles. The van der Waals surface area contributed by atoms with E-state index in [0.29, 0.717) is 18.5 Å². The molecule has 7 heteroatoms. The first-order valence-corrected chi connectivity index (χ1v) is 9.70. The second-order valence-corrected chi connectivity index (χ2v) is 7.69. The first-order chi connectivity index (χ1) is 13.3. The number of benzene rings is 1. The van der Waals surface area contributed by atoms with Gasteiger partial charge in [0, 0.05) is 5.69 Å². The van der Waals surface area contributed by atoms with Gasteiger partial charge in [-0.15, -0.1) is 0 Å². The molecule has 1 aliphatic heterocycles. The number of hydrogen-bond acceptors (Lipinski definition) is 5. The van der Waals surface area contributed by atoms with Crippen molar-refractivity contribution in [3.05, 3.63) is 29.3 Å². The molecule has 0 unspecified atom stereocenters.